The van der Waals surface area contributed by atoms with Gasteiger partial charge in [-0.1, -0.05) is 6.07 Å². The van der Waals surface area contributed by atoms with Gasteiger partial charge < -0.3 is 10.5 Å². The highest BCUT2D eigenvalue weighted by Gasteiger charge is 2.13. The second-order valence-electron chi connectivity index (χ2n) is 6.22. The van der Waals surface area contributed by atoms with Crippen LogP contribution in [-0.2, 0) is 18.2 Å². The molecule has 1 aromatic carbocycles. The van der Waals surface area contributed by atoms with Gasteiger partial charge in [0.05, 0.1) is 23.2 Å². The summed E-state index contributed by atoms with van der Waals surface area (Å²) in [5.74, 6) is 0.473. The molecule has 7 nitrogen and oxygen atoms in total. The number of nitrogens with two attached hydrogens (primary N) is 1. The van der Waals surface area contributed by atoms with E-state index in [0.29, 0.717) is 24.2 Å². The Bertz CT molecular complexity index is 1160. The molecular formula is C19H19N5O2. The molecule has 3 heterocycles. The highest BCUT2D eigenvalue weighted by molar-refractivity contribution is 5.85. The maximum atomic E-state index is 12.7. The van der Waals surface area contributed by atoms with Gasteiger partial charge in [-0.25, -0.2) is 9.50 Å². The van der Waals surface area contributed by atoms with E-state index in [-0.39, 0.29) is 5.56 Å². The normalized spacial score (nSPS) is 11.5. The number of aromatic nitrogens is 4. The van der Waals surface area contributed by atoms with Crippen LogP contribution in [0.5, 0.6) is 0 Å². The third-order valence-electron chi connectivity index (χ3n) is 4.53. The third-order valence-corrected chi connectivity index (χ3v) is 4.53. The largest absolute Gasteiger partial charge is 0.384 e. The Morgan fingerprint density at radius 2 is 1.96 bits per heavy atom. The van der Waals surface area contributed by atoms with Crippen molar-refractivity contribution in [2.24, 2.45) is 7.05 Å². The quantitative estimate of drug-likeness (QED) is 0.609. The van der Waals surface area contributed by atoms with Crippen molar-refractivity contribution in [2.45, 2.75) is 6.42 Å². The van der Waals surface area contributed by atoms with Gasteiger partial charge in [-0.05, 0) is 29.8 Å². The van der Waals surface area contributed by atoms with Gasteiger partial charge in [0.2, 0.25) is 0 Å². The molecule has 0 spiro atoms. The van der Waals surface area contributed by atoms with E-state index in [9.17, 15) is 4.79 Å². The van der Waals surface area contributed by atoms with E-state index < -0.39 is 0 Å². The SMILES string of the molecule is COCCc1cc2n(C)c(=O)c3ccc(-c4ccc(N)nc4)cc3n2n1. The summed E-state index contributed by atoms with van der Waals surface area (Å²) in [4.78, 5) is 16.9. The summed E-state index contributed by atoms with van der Waals surface area (Å²) in [7, 11) is 3.42. The van der Waals surface area contributed by atoms with E-state index in [4.69, 9.17) is 10.5 Å². The van der Waals surface area contributed by atoms with Gasteiger partial charge in [0, 0.05) is 38.4 Å². The number of methoxy groups -OCH3 is 1. The lowest BCUT2D eigenvalue weighted by Crippen LogP contribution is -2.19. The van der Waals surface area contributed by atoms with Gasteiger partial charge in [0.15, 0.2) is 0 Å². The van der Waals surface area contributed by atoms with E-state index in [1.54, 1.807) is 31.0 Å². The van der Waals surface area contributed by atoms with Gasteiger partial charge in [-0.2, -0.15) is 5.10 Å². The molecule has 0 saturated heterocycles. The van der Waals surface area contributed by atoms with E-state index in [1.807, 2.05) is 34.8 Å². The Kier molecular flexibility index (Phi) is 3.93. The lowest BCUT2D eigenvalue weighted by atomic mass is 10.1. The van der Waals surface area contributed by atoms with Crippen LogP contribution in [0.4, 0.5) is 5.82 Å². The van der Waals surface area contributed by atoms with Crippen LogP contribution < -0.4 is 11.3 Å². The van der Waals surface area contributed by atoms with Crippen molar-refractivity contribution >= 4 is 22.4 Å². The zero-order chi connectivity index (χ0) is 18.3. The molecule has 0 aliphatic carbocycles. The van der Waals surface area contributed by atoms with E-state index in [2.05, 4.69) is 10.1 Å². The highest BCUT2D eigenvalue weighted by atomic mass is 16.5. The molecule has 0 atom stereocenters. The van der Waals surface area contributed by atoms with Crippen LogP contribution in [0.1, 0.15) is 5.69 Å². The summed E-state index contributed by atoms with van der Waals surface area (Å²) in [5.41, 5.74) is 9.90. The number of aryl methyl sites for hydroxylation is 1. The molecule has 0 unspecified atom stereocenters. The number of hydrogen-bond donors (Lipinski definition) is 1. The summed E-state index contributed by atoms with van der Waals surface area (Å²) >= 11 is 0. The van der Waals surface area contributed by atoms with Gasteiger partial charge in [0.1, 0.15) is 11.5 Å². The van der Waals surface area contributed by atoms with Crippen molar-refractivity contribution in [2.75, 3.05) is 19.5 Å². The number of benzene rings is 1. The first-order chi connectivity index (χ1) is 12.6. The molecule has 2 N–H and O–H groups in total. The van der Waals surface area contributed by atoms with Crippen LogP contribution in [0.3, 0.4) is 0 Å². The Hall–Kier alpha value is -3.19. The molecule has 0 bridgehead atoms. The molecular weight excluding hydrogens is 330 g/mol. The summed E-state index contributed by atoms with van der Waals surface area (Å²) in [6, 6.07) is 11.3. The molecule has 0 aliphatic rings. The van der Waals surface area contributed by atoms with Crippen LogP contribution in [0.25, 0.3) is 27.7 Å². The minimum atomic E-state index is -0.0485. The summed E-state index contributed by atoms with van der Waals surface area (Å²) in [6.45, 7) is 0.581. The zero-order valence-electron chi connectivity index (χ0n) is 14.6. The Morgan fingerprint density at radius 3 is 2.69 bits per heavy atom. The van der Waals surface area contributed by atoms with Crippen molar-refractivity contribution in [1.29, 1.82) is 0 Å². The molecule has 132 valence electrons. The number of anilines is 1. The average Bonchev–Trinajstić information content (AvgIpc) is 3.09. The van der Waals surface area contributed by atoms with E-state index in [1.165, 1.54) is 0 Å². The van der Waals surface area contributed by atoms with Gasteiger partial charge >= 0.3 is 0 Å². The van der Waals surface area contributed by atoms with Gasteiger partial charge in [-0.15, -0.1) is 0 Å². The number of ether oxygens (including phenoxy) is 1. The number of nitrogens with zero attached hydrogens (tertiary/aromatic N) is 4. The average molecular weight is 349 g/mol. The second kappa shape index (κ2) is 6.27. The predicted molar refractivity (Wildman–Crippen MR) is 101 cm³/mol. The highest BCUT2D eigenvalue weighted by Crippen LogP contribution is 2.24. The number of pyridine rings is 1. The van der Waals surface area contributed by atoms with Gasteiger partial charge in [0.25, 0.3) is 5.56 Å². The molecule has 0 aliphatic heterocycles. The fraction of sp³-hybridized carbons (Fsp3) is 0.211. The smallest absolute Gasteiger partial charge is 0.261 e. The van der Waals surface area contributed by atoms with Crippen molar-refractivity contribution < 1.29 is 4.74 Å². The summed E-state index contributed by atoms with van der Waals surface area (Å²) in [5, 5.41) is 5.29. The Balaban J connectivity index is 1.96. The van der Waals surface area contributed by atoms with Crippen molar-refractivity contribution in [3.05, 3.63) is 58.6 Å². The molecule has 4 aromatic rings. The lowest BCUT2D eigenvalue weighted by molar-refractivity contribution is 0.201. The fourth-order valence-corrected chi connectivity index (χ4v) is 3.09. The molecule has 0 amide bonds. The van der Waals surface area contributed by atoms with Gasteiger partial charge in [-0.3, -0.25) is 9.36 Å². The van der Waals surface area contributed by atoms with Crippen LogP contribution in [0, 0.1) is 0 Å². The third kappa shape index (κ3) is 2.62. The van der Waals surface area contributed by atoms with E-state index in [0.717, 1.165) is 28.0 Å². The minimum absolute atomic E-state index is 0.0485. The Labute approximate surface area is 149 Å². The molecule has 0 fully saturated rings. The zero-order valence-corrected chi connectivity index (χ0v) is 14.6. The standard InChI is InChI=1S/C19H19N5O2/c1-23-18-10-14(7-8-26-2)22-24(18)16-9-12(3-5-15(16)19(23)25)13-4-6-17(20)21-11-13/h3-6,9-11H,7-8H2,1-2H3,(H2,20,21). The summed E-state index contributed by atoms with van der Waals surface area (Å²) < 4.78 is 8.57. The van der Waals surface area contributed by atoms with Crippen LogP contribution in [-0.4, -0.2) is 32.9 Å². The van der Waals surface area contributed by atoms with Crippen LogP contribution in [0.15, 0.2) is 47.4 Å². The second-order valence-corrected chi connectivity index (χ2v) is 6.22. The van der Waals surface area contributed by atoms with Crippen LogP contribution >= 0.6 is 0 Å². The van der Waals surface area contributed by atoms with Crippen molar-refractivity contribution in [1.82, 2.24) is 19.2 Å². The van der Waals surface area contributed by atoms with Crippen molar-refractivity contribution in [3.63, 3.8) is 0 Å². The first kappa shape index (κ1) is 16.3. The monoisotopic (exact) mass is 349 g/mol. The molecule has 0 saturated carbocycles. The summed E-state index contributed by atoms with van der Waals surface area (Å²) in [6.07, 6.45) is 2.41. The number of hydrogen-bond acceptors (Lipinski definition) is 5. The first-order valence-corrected chi connectivity index (χ1v) is 8.31. The molecule has 4 rings (SSSR count). The number of fused-ring (bicyclic) bond motifs is 3. The maximum Gasteiger partial charge on any atom is 0.261 e. The minimum Gasteiger partial charge on any atom is -0.384 e. The van der Waals surface area contributed by atoms with E-state index >= 15 is 0 Å². The fourth-order valence-electron chi connectivity index (χ4n) is 3.09. The maximum absolute atomic E-state index is 12.7. The molecule has 3 aromatic heterocycles. The lowest BCUT2D eigenvalue weighted by Gasteiger charge is -2.08. The number of rotatable bonds is 4. The molecule has 26 heavy (non-hydrogen) atoms. The molecule has 0 radical (unpaired) electrons. The molecule has 7 heteroatoms. The van der Waals surface area contributed by atoms with Crippen LogP contribution in [0.2, 0.25) is 0 Å². The number of nitrogen functional groups attached to an aromatic ring is 1. The Morgan fingerprint density at radius 1 is 1.15 bits per heavy atom. The topological polar surface area (TPSA) is 87.4 Å². The van der Waals surface area contributed by atoms with Crippen molar-refractivity contribution in [3.8, 4) is 11.1 Å². The first-order valence-electron chi connectivity index (χ1n) is 8.31. The predicted octanol–water partition coefficient (Wildman–Crippen LogP) is 2.02.